The highest BCUT2D eigenvalue weighted by atomic mass is 16.5. The minimum atomic E-state index is -1.00. The number of amides is 2. The summed E-state index contributed by atoms with van der Waals surface area (Å²) >= 11 is 0. The number of hydrogen-bond donors (Lipinski definition) is 2. The van der Waals surface area contributed by atoms with E-state index in [0.29, 0.717) is 13.0 Å². The van der Waals surface area contributed by atoms with Crippen LogP contribution in [0.1, 0.15) is 20.3 Å². The molecule has 0 radical (unpaired) electrons. The van der Waals surface area contributed by atoms with E-state index in [1.807, 2.05) is 6.92 Å². The van der Waals surface area contributed by atoms with Crippen molar-refractivity contribution in [1.29, 1.82) is 0 Å². The van der Waals surface area contributed by atoms with Crippen molar-refractivity contribution < 1.29 is 19.4 Å². The topological polar surface area (TPSA) is 78.9 Å². The lowest BCUT2D eigenvalue weighted by molar-refractivity contribution is -0.141. The van der Waals surface area contributed by atoms with Crippen molar-refractivity contribution in [1.82, 2.24) is 10.2 Å². The molecule has 0 saturated heterocycles. The van der Waals surface area contributed by atoms with E-state index < -0.39 is 18.0 Å². The monoisotopic (exact) mass is 232 g/mol. The van der Waals surface area contributed by atoms with Crippen molar-refractivity contribution in [3.8, 4) is 0 Å². The number of aliphatic carboxylic acids is 1. The molecule has 0 aromatic rings. The van der Waals surface area contributed by atoms with Crippen LogP contribution in [0.4, 0.5) is 4.79 Å². The van der Waals surface area contributed by atoms with Gasteiger partial charge in [-0.1, -0.05) is 6.92 Å². The summed E-state index contributed by atoms with van der Waals surface area (Å²) in [5.74, 6) is -1.00. The number of rotatable bonds is 6. The van der Waals surface area contributed by atoms with Crippen LogP contribution in [0, 0.1) is 0 Å². The molecule has 0 aliphatic heterocycles. The Morgan fingerprint density at radius 1 is 1.50 bits per heavy atom. The summed E-state index contributed by atoms with van der Waals surface area (Å²) in [6.07, 6.45) is 0.279. The van der Waals surface area contributed by atoms with Crippen molar-refractivity contribution >= 4 is 12.0 Å². The molecule has 0 bridgehead atoms. The van der Waals surface area contributed by atoms with Crippen LogP contribution in [0.15, 0.2) is 0 Å². The number of carbonyl (C=O) groups excluding carboxylic acids is 1. The summed E-state index contributed by atoms with van der Waals surface area (Å²) in [5.41, 5.74) is 0. The van der Waals surface area contributed by atoms with Crippen LogP contribution >= 0.6 is 0 Å². The number of carboxylic acid groups (broad SMARTS) is 1. The highest BCUT2D eigenvalue weighted by Gasteiger charge is 2.24. The van der Waals surface area contributed by atoms with E-state index in [1.54, 1.807) is 14.0 Å². The molecule has 0 aromatic carbocycles. The molecule has 0 aromatic heterocycles. The van der Waals surface area contributed by atoms with Gasteiger partial charge in [-0.15, -0.1) is 0 Å². The number of urea groups is 1. The Morgan fingerprint density at radius 2 is 2.06 bits per heavy atom. The third-order valence-electron chi connectivity index (χ3n) is 2.40. The molecule has 6 nitrogen and oxygen atoms in total. The van der Waals surface area contributed by atoms with Gasteiger partial charge in [-0.2, -0.15) is 0 Å². The molecular formula is C10H20N2O4. The molecular weight excluding hydrogens is 212 g/mol. The fraction of sp³-hybridized carbons (Fsp3) is 0.800. The average Bonchev–Trinajstić information content (AvgIpc) is 2.25. The predicted molar refractivity (Wildman–Crippen MR) is 59.3 cm³/mol. The van der Waals surface area contributed by atoms with E-state index in [1.165, 1.54) is 11.9 Å². The number of ether oxygens (including phenoxy) is 1. The fourth-order valence-electron chi connectivity index (χ4n) is 1.19. The zero-order valence-electron chi connectivity index (χ0n) is 10.2. The molecule has 0 rings (SSSR count). The normalized spacial score (nSPS) is 14.0. The summed E-state index contributed by atoms with van der Waals surface area (Å²) in [5, 5.41) is 11.5. The molecule has 2 atom stereocenters. The van der Waals surface area contributed by atoms with Gasteiger partial charge in [0.05, 0.1) is 6.10 Å². The van der Waals surface area contributed by atoms with Gasteiger partial charge in [0.15, 0.2) is 0 Å². The van der Waals surface area contributed by atoms with Gasteiger partial charge in [-0.05, 0) is 13.3 Å². The Balaban J connectivity index is 4.21. The lowest BCUT2D eigenvalue weighted by Gasteiger charge is -2.24. The molecule has 2 amide bonds. The molecule has 94 valence electrons. The van der Waals surface area contributed by atoms with Gasteiger partial charge in [-0.25, -0.2) is 9.59 Å². The minimum Gasteiger partial charge on any atom is -0.480 e. The van der Waals surface area contributed by atoms with Gasteiger partial charge in [-0.3, -0.25) is 0 Å². The Kier molecular flexibility index (Phi) is 6.48. The standard InChI is InChI=1S/C10H20N2O4/c1-5-8(9(13)14)12(3)10(15)11-6-7(2)16-4/h7-8H,5-6H2,1-4H3,(H,11,15)(H,13,14). The van der Waals surface area contributed by atoms with Crippen LogP contribution in [-0.4, -0.2) is 54.9 Å². The van der Waals surface area contributed by atoms with Gasteiger partial charge in [0, 0.05) is 20.7 Å². The Bertz CT molecular complexity index is 245. The van der Waals surface area contributed by atoms with Gasteiger partial charge >= 0.3 is 12.0 Å². The number of likely N-dealkylation sites (N-methyl/N-ethyl adjacent to an activating group) is 1. The molecule has 0 aliphatic rings. The first kappa shape index (κ1) is 14.7. The van der Waals surface area contributed by atoms with Crippen LogP contribution in [0.3, 0.4) is 0 Å². The number of nitrogens with one attached hydrogen (secondary N) is 1. The quantitative estimate of drug-likeness (QED) is 0.700. The Hall–Kier alpha value is -1.30. The highest BCUT2D eigenvalue weighted by Crippen LogP contribution is 2.02. The van der Waals surface area contributed by atoms with Gasteiger partial charge in [0.1, 0.15) is 6.04 Å². The lowest BCUT2D eigenvalue weighted by atomic mass is 10.2. The van der Waals surface area contributed by atoms with E-state index in [-0.39, 0.29) is 6.10 Å². The van der Waals surface area contributed by atoms with Gasteiger partial charge < -0.3 is 20.1 Å². The Morgan fingerprint density at radius 3 is 2.44 bits per heavy atom. The maximum absolute atomic E-state index is 11.6. The third kappa shape index (κ3) is 4.48. The second-order valence-electron chi connectivity index (χ2n) is 3.61. The van der Waals surface area contributed by atoms with Crippen molar-refractivity contribution in [2.24, 2.45) is 0 Å². The second kappa shape index (κ2) is 7.05. The van der Waals surface area contributed by atoms with E-state index in [0.717, 1.165) is 0 Å². The lowest BCUT2D eigenvalue weighted by Crippen LogP contribution is -2.48. The zero-order valence-corrected chi connectivity index (χ0v) is 10.2. The molecule has 0 heterocycles. The SMILES string of the molecule is CCC(C(=O)O)N(C)C(=O)NCC(C)OC. The molecule has 16 heavy (non-hydrogen) atoms. The maximum atomic E-state index is 11.6. The first-order chi connectivity index (χ1) is 7.43. The molecule has 0 saturated carbocycles. The third-order valence-corrected chi connectivity index (χ3v) is 2.40. The molecule has 0 spiro atoms. The summed E-state index contributed by atoms with van der Waals surface area (Å²) in [6.45, 7) is 3.89. The molecule has 6 heteroatoms. The highest BCUT2D eigenvalue weighted by molar-refractivity contribution is 5.82. The molecule has 2 unspecified atom stereocenters. The average molecular weight is 232 g/mol. The molecule has 2 N–H and O–H groups in total. The first-order valence-electron chi connectivity index (χ1n) is 5.20. The van der Waals surface area contributed by atoms with Crippen LogP contribution < -0.4 is 5.32 Å². The molecule has 0 aliphatic carbocycles. The summed E-state index contributed by atoms with van der Waals surface area (Å²) in [4.78, 5) is 23.6. The number of carboxylic acids is 1. The summed E-state index contributed by atoms with van der Waals surface area (Å²) in [7, 11) is 3.02. The fourth-order valence-corrected chi connectivity index (χ4v) is 1.19. The van der Waals surface area contributed by atoms with Crippen molar-refractivity contribution in [2.45, 2.75) is 32.4 Å². The second-order valence-corrected chi connectivity index (χ2v) is 3.61. The smallest absolute Gasteiger partial charge is 0.326 e. The van der Waals surface area contributed by atoms with Crippen LogP contribution in [0.5, 0.6) is 0 Å². The number of nitrogens with zero attached hydrogens (tertiary/aromatic N) is 1. The van der Waals surface area contributed by atoms with Crippen LogP contribution in [-0.2, 0) is 9.53 Å². The number of hydrogen-bond acceptors (Lipinski definition) is 3. The summed E-state index contributed by atoms with van der Waals surface area (Å²) < 4.78 is 4.97. The first-order valence-corrected chi connectivity index (χ1v) is 5.20. The molecule has 0 fully saturated rings. The van der Waals surface area contributed by atoms with Gasteiger partial charge in [0.2, 0.25) is 0 Å². The number of carbonyl (C=O) groups is 2. The van der Waals surface area contributed by atoms with E-state index in [2.05, 4.69) is 5.32 Å². The maximum Gasteiger partial charge on any atom is 0.326 e. The minimum absolute atomic E-state index is 0.0951. The van der Waals surface area contributed by atoms with E-state index in [9.17, 15) is 9.59 Å². The van der Waals surface area contributed by atoms with E-state index >= 15 is 0 Å². The van der Waals surface area contributed by atoms with Gasteiger partial charge in [0.25, 0.3) is 0 Å². The van der Waals surface area contributed by atoms with Crippen LogP contribution in [0.2, 0.25) is 0 Å². The predicted octanol–water partition coefficient (Wildman–Crippen LogP) is 0.526. The number of methoxy groups -OCH3 is 1. The Labute approximate surface area is 95.6 Å². The summed E-state index contributed by atoms with van der Waals surface area (Å²) in [6, 6.07) is -1.20. The zero-order chi connectivity index (χ0) is 12.7. The van der Waals surface area contributed by atoms with E-state index in [4.69, 9.17) is 9.84 Å². The van der Waals surface area contributed by atoms with Crippen molar-refractivity contribution in [3.63, 3.8) is 0 Å². The van der Waals surface area contributed by atoms with Crippen molar-refractivity contribution in [3.05, 3.63) is 0 Å². The largest absolute Gasteiger partial charge is 0.480 e. The van der Waals surface area contributed by atoms with Crippen molar-refractivity contribution in [2.75, 3.05) is 20.7 Å². The van der Waals surface area contributed by atoms with Crippen LogP contribution in [0.25, 0.3) is 0 Å².